The van der Waals surface area contributed by atoms with E-state index < -0.39 is 5.97 Å². The molecule has 4 heteroatoms. The molecule has 0 aliphatic heterocycles. The predicted molar refractivity (Wildman–Crippen MR) is 86.0 cm³/mol. The summed E-state index contributed by atoms with van der Waals surface area (Å²) in [5.41, 5.74) is 2.46. The molecule has 22 heavy (non-hydrogen) atoms. The Balaban J connectivity index is 2.14. The first-order valence-corrected chi connectivity index (χ1v) is 8.04. The standard InChI is InChI=1S/C18H24N2O2/c1-3-5-16(20-11-10-19-13-20)9-8-15-7-6-14(4-2)12-17(15)18(21)22/h6-7,10-13,16H,3-5,8-9H2,1-2H3,(H,21,22)/p+1. The summed E-state index contributed by atoms with van der Waals surface area (Å²) in [4.78, 5) is 14.6. The minimum atomic E-state index is -0.827. The second-order valence-corrected chi connectivity index (χ2v) is 5.69. The van der Waals surface area contributed by atoms with Gasteiger partial charge in [0, 0.05) is 0 Å². The maximum absolute atomic E-state index is 11.5. The fraction of sp³-hybridized carbons (Fsp3) is 0.444. The van der Waals surface area contributed by atoms with Crippen LogP contribution >= 0.6 is 0 Å². The highest BCUT2D eigenvalue weighted by atomic mass is 16.4. The molecule has 0 fully saturated rings. The number of hydrogen-bond donors (Lipinski definition) is 2. The lowest BCUT2D eigenvalue weighted by molar-refractivity contribution is -0.723. The molecule has 0 amide bonds. The predicted octanol–water partition coefficient (Wildman–Crippen LogP) is 3.54. The van der Waals surface area contributed by atoms with Crippen molar-refractivity contribution in [1.29, 1.82) is 0 Å². The summed E-state index contributed by atoms with van der Waals surface area (Å²) in [5.74, 6) is -0.827. The van der Waals surface area contributed by atoms with Gasteiger partial charge in [-0.2, -0.15) is 0 Å². The van der Waals surface area contributed by atoms with Gasteiger partial charge in [-0.1, -0.05) is 32.4 Å². The van der Waals surface area contributed by atoms with Gasteiger partial charge < -0.3 is 5.11 Å². The van der Waals surface area contributed by atoms with Crippen LogP contribution in [0.4, 0.5) is 0 Å². The Kier molecular flexibility index (Phi) is 5.75. The van der Waals surface area contributed by atoms with Gasteiger partial charge in [0.1, 0.15) is 18.4 Å². The van der Waals surface area contributed by atoms with Crippen LogP contribution in [-0.4, -0.2) is 16.1 Å². The van der Waals surface area contributed by atoms with Crippen LogP contribution in [0.2, 0.25) is 0 Å². The van der Waals surface area contributed by atoms with Gasteiger partial charge in [-0.25, -0.2) is 9.36 Å². The van der Waals surface area contributed by atoms with E-state index in [1.807, 2.05) is 43.8 Å². The normalized spacial score (nSPS) is 12.3. The summed E-state index contributed by atoms with van der Waals surface area (Å²) in [6.07, 6.45) is 10.7. The van der Waals surface area contributed by atoms with Crippen molar-refractivity contribution in [2.45, 2.75) is 52.0 Å². The Labute approximate surface area is 131 Å². The van der Waals surface area contributed by atoms with Gasteiger partial charge in [0.15, 0.2) is 0 Å². The second kappa shape index (κ2) is 7.78. The lowest BCUT2D eigenvalue weighted by atomic mass is 9.96. The van der Waals surface area contributed by atoms with Crippen molar-refractivity contribution in [2.24, 2.45) is 0 Å². The lowest BCUT2D eigenvalue weighted by Crippen LogP contribution is -2.37. The number of H-pyrrole nitrogens is 1. The second-order valence-electron chi connectivity index (χ2n) is 5.69. The number of carbonyl (C=O) groups is 1. The topological polar surface area (TPSA) is 57.0 Å². The van der Waals surface area contributed by atoms with E-state index in [-0.39, 0.29) is 0 Å². The Morgan fingerprint density at radius 2 is 2.14 bits per heavy atom. The Morgan fingerprint density at radius 1 is 1.32 bits per heavy atom. The maximum Gasteiger partial charge on any atom is 0.335 e. The van der Waals surface area contributed by atoms with Gasteiger partial charge in [0.2, 0.25) is 6.33 Å². The number of aromatic nitrogens is 2. The molecule has 1 aromatic carbocycles. The number of benzene rings is 1. The van der Waals surface area contributed by atoms with E-state index in [2.05, 4.69) is 16.5 Å². The van der Waals surface area contributed by atoms with Gasteiger partial charge in [-0.15, -0.1) is 0 Å². The Hall–Kier alpha value is -2.10. The molecule has 0 aliphatic carbocycles. The molecule has 1 heterocycles. The molecule has 2 N–H and O–H groups in total. The van der Waals surface area contributed by atoms with Crippen molar-refractivity contribution in [3.05, 3.63) is 53.6 Å². The monoisotopic (exact) mass is 301 g/mol. The first-order chi connectivity index (χ1) is 10.7. The largest absolute Gasteiger partial charge is 0.478 e. The van der Waals surface area contributed by atoms with Crippen molar-refractivity contribution < 1.29 is 14.5 Å². The number of imidazole rings is 1. The number of aromatic carboxylic acids is 1. The maximum atomic E-state index is 11.5. The van der Waals surface area contributed by atoms with Crippen molar-refractivity contribution in [3.63, 3.8) is 0 Å². The summed E-state index contributed by atoms with van der Waals surface area (Å²) in [7, 11) is 0. The molecular weight excluding hydrogens is 276 g/mol. The molecule has 0 saturated carbocycles. The van der Waals surface area contributed by atoms with Crippen LogP contribution in [-0.2, 0) is 12.8 Å². The summed E-state index contributed by atoms with van der Waals surface area (Å²) in [5, 5.41) is 9.43. The zero-order valence-electron chi connectivity index (χ0n) is 13.4. The van der Waals surface area contributed by atoms with Gasteiger partial charge in [0.05, 0.1) is 5.56 Å². The highest BCUT2D eigenvalue weighted by Crippen LogP contribution is 2.19. The quantitative estimate of drug-likeness (QED) is 0.733. The first-order valence-electron chi connectivity index (χ1n) is 8.04. The van der Waals surface area contributed by atoms with E-state index in [1.165, 1.54) is 0 Å². The molecule has 0 bridgehead atoms. The van der Waals surface area contributed by atoms with Crippen molar-refractivity contribution in [2.75, 3.05) is 0 Å². The molecule has 4 nitrogen and oxygen atoms in total. The van der Waals surface area contributed by atoms with Crippen molar-refractivity contribution >= 4 is 5.97 Å². The fourth-order valence-electron chi connectivity index (χ4n) is 2.89. The average Bonchev–Trinajstić information content (AvgIpc) is 3.05. The van der Waals surface area contributed by atoms with Crippen LogP contribution < -0.4 is 4.57 Å². The molecule has 0 radical (unpaired) electrons. The third-order valence-corrected chi connectivity index (χ3v) is 4.17. The number of rotatable bonds is 8. The Bertz CT molecular complexity index is 606. The van der Waals surface area contributed by atoms with E-state index >= 15 is 0 Å². The number of aryl methyl sites for hydroxylation is 2. The van der Waals surface area contributed by atoms with E-state index in [9.17, 15) is 9.90 Å². The van der Waals surface area contributed by atoms with Crippen molar-refractivity contribution in [1.82, 2.24) is 4.98 Å². The number of carboxylic acids is 1. The SMILES string of the molecule is CCCC(CCc1ccc(CC)cc1C(=O)O)[n+]1cc[nH]c1. The first kappa shape index (κ1) is 16.3. The molecule has 1 atom stereocenters. The zero-order chi connectivity index (χ0) is 15.9. The van der Waals surface area contributed by atoms with Crippen LogP contribution in [0.3, 0.4) is 0 Å². The minimum Gasteiger partial charge on any atom is -0.478 e. The summed E-state index contributed by atoms with van der Waals surface area (Å²) < 4.78 is 2.18. The number of aromatic amines is 1. The van der Waals surface area contributed by atoms with E-state index in [1.54, 1.807) is 0 Å². The number of carboxylic acid groups (broad SMARTS) is 1. The van der Waals surface area contributed by atoms with E-state index in [0.717, 1.165) is 43.2 Å². The van der Waals surface area contributed by atoms with Gasteiger partial charge in [-0.3, -0.25) is 4.98 Å². The van der Waals surface area contributed by atoms with Crippen LogP contribution in [0.5, 0.6) is 0 Å². The van der Waals surface area contributed by atoms with Crippen LogP contribution in [0.25, 0.3) is 0 Å². The molecule has 118 valence electrons. The molecule has 1 unspecified atom stereocenters. The van der Waals surface area contributed by atoms with Gasteiger partial charge in [-0.05, 0) is 42.9 Å². The third-order valence-electron chi connectivity index (χ3n) is 4.17. The molecule has 0 aliphatic rings. The molecular formula is C18H25N2O2+. The van der Waals surface area contributed by atoms with Crippen LogP contribution in [0.15, 0.2) is 36.9 Å². The summed E-state index contributed by atoms with van der Waals surface area (Å²) >= 11 is 0. The lowest BCUT2D eigenvalue weighted by Gasteiger charge is -2.14. The summed E-state index contributed by atoms with van der Waals surface area (Å²) in [6.45, 7) is 4.22. The van der Waals surface area contributed by atoms with E-state index in [4.69, 9.17) is 0 Å². The van der Waals surface area contributed by atoms with Gasteiger partial charge >= 0.3 is 5.97 Å². The van der Waals surface area contributed by atoms with Crippen LogP contribution in [0.1, 0.15) is 60.6 Å². The molecule has 2 aromatic rings. The van der Waals surface area contributed by atoms with Crippen LogP contribution in [0, 0.1) is 0 Å². The molecule has 0 saturated heterocycles. The van der Waals surface area contributed by atoms with Crippen molar-refractivity contribution in [3.8, 4) is 0 Å². The zero-order valence-corrected chi connectivity index (χ0v) is 13.4. The molecule has 2 rings (SSSR count). The average molecular weight is 301 g/mol. The molecule has 0 spiro atoms. The highest BCUT2D eigenvalue weighted by molar-refractivity contribution is 5.89. The number of hydrogen-bond acceptors (Lipinski definition) is 1. The van der Waals surface area contributed by atoms with E-state index in [0.29, 0.717) is 11.6 Å². The smallest absolute Gasteiger partial charge is 0.335 e. The Morgan fingerprint density at radius 3 is 2.73 bits per heavy atom. The minimum absolute atomic E-state index is 0.406. The third kappa shape index (κ3) is 3.97. The number of nitrogens with zero attached hydrogens (tertiary/aromatic N) is 1. The molecule has 1 aromatic heterocycles. The highest BCUT2D eigenvalue weighted by Gasteiger charge is 2.17. The number of nitrogens with one attached hydrogen (secondary N) is 1. The fourth-order valence-corrected chi connectivity index (χ4v) is 2.89. The van der Waals surface area contributed by atoms with Gasteiger partial charge in [0.25, 0.3) is 0 Å². The summed E-state index contributed by atoms with van der Waals surface area (Å²) in [6, 6.07) is 6.24.